The lowest BCUT2D eigenvalue weighted by Crippen LogP contribution is -2.14. The van der Waals surface area contributed by atoms with Crippen molar-refractivity contribution in [2.75, 3.05) is 27.3 Å². The quantitative estimate of drug-likeness (QED) is 0.760. The molecule has 0 aliphatic carbocycles. The summed E-state index contributed by atoms with van der Waals surface area (Å²) in [6.07, 6.45) is 2.02. The first-order chi connectivity index (χ1) is 10.3. The van der Waals surface area contributed by atoms with Crippen LogP contribution in [0.1, 0.15) is 18.4 Å². The van der Waals surface area contributed by atoms with Gasteiger partial charge in [-0.3, -0.25) is 0 Å². The summed E-state index contributed by atoms with van der Waals surface area (Å²) in [6.45, 7) is 4.13. The van der Waals surface area contributed by atoms with Crippen LogP contribution in [0.3, 0.4) is 0 Å². The van der Waals surface area contributed by atoms with Crippen LogP contribution < -0.4 is 14.8 Å². The Morgan fingerprint density at radius 3 is 2.76 bits per heavy atom. The van der Waals surface area contributed by atoms with Crippen LogP contribution in [0.2, 0.25) is 0 Å². The molecule has 21 heavy (non-hydrogen) atoms. The van der Waals surface area contributed by atoms with Crippen molar-refractivity contribution in [3.63, 3.8) is 0 Å². The van der Waals surface area contributed by atoms with Gasteiger partial charge in [0.1, 0.15) is 16.5 Å². The van der Waals surface area contributed by atoms with Gasteiger partial charge in [0.15, 0.2) is 5.01 Å². The first kappa shape index (κ1) is 15.7. The van der Waals surface area contributed by atoms with Gasteiger partial charge in [-0.05, 0) is 31.6 Å². The van der Waals surface area contributed by atoms with Gasteiger partial charge in [0.2, 0.25) is 0 Å². The number of nitrogens with zero attached hydrogens (tertiary/aromatic N) is 2. The number of ether oxygens (including phenoxy) is 2. The summed E-state index contributed by atoms with van der Waals surface area (Å²) in [7, 11) is 3.29. The van der Waals surface area contributed by atoms with Crippen LogP contribution in [0, 0.1) is 0 Å². The zero-order valence-corrected chi connectivity index (χ0v) is 13.5. The van der Waals surface area contributed by atoms with Crippen molar-refractivity contribution < 1.29 is 9.47 Å². The molecule has 0 saturated carbocycles. The molecule has 1 aromatic heterocycles. The highest BCUT2D eigenvalue weighted by Gasteiger charge is 2.12. The third-order valence-corrected chi connectivity index (χ3v) is 4.12. The SMILES string of the molecule is CCNCCCc1nnc(-c2ccc(OC)cc2OC)s1. The number of aromatic nitrogens is 2. The second kappa shape index (κ2) is 7.95. The van der Waals surface area contributed by atoms with Crippen molar-refractivity contribution in [1.82, 2.24) is 15.5 Å². The van der Waals surface area contributed by atoms with Crippen LogP contribution in [0.4, 0.5) is 0 Å². The average Bonchev–Trinajstić information content (AvgIpc) is 2.99. The molecular weight excluding hydrogens is 286 g/mol. The van der Waals surface area contributed by atoms with E-state index in [-0.39, 0.29) is 0 Å². The van der Waals surface area contributed by atoms with Crippen molar-refractivity contribution >= 4 is 11.3 Å². The number of nitrogens with one attached hydrogen (secondary N) is 1. The molecule has 2 rings (SSSR count). The van der Waals surface area contributed by atoms with E-state index >= 15 is 0 Å². The molecule has 0 spiro atoms. The van der Waals surface area contributed by atoms with Crippen LogP contribution in [-0.2, 0) is 6.42 Å². The Bertz CT molecular complexity index is 572. The van der Waals surface area contributed by atoms with E-state index in [1.807, 2.05) is 18.2 Å². The smallest absolute Gasteiger partial charge is 0.151 e. The molecule has 0 atom stereocenters. The van der Waals surface area contributed by atoms with E-state index in [1.54, 1.807) is 25.6 Å². The summed E-state index contributed by atoms with van der Waals surface area (Å²) in [5, 5.41) is 13.8. The van der Waals surface area contributed by atoms with Gasteiger partial charge in [-0.25, -0.2) is 0 Å². The average molecular weight is 307 g/mol. The Labute approximate surface area is 129 Å². The highest BCUT2D eigenvalue weighted by molar-refractivity contribution is 7.14. The molecule has 0 aliphatic heterocycles. The van der Waals surface area contributed by atoms with Crippen molar-refractivity contribution in [2.45, 2.75) is 19.8 Å². The van der Waals surface area contributed by atoms with Crippen LogP contribution in [0.25, 0.3) is 10.6 Å². The zero-order valence-electron chi connectivity index (χ0n) is 12.7. The fourth-order valence-electron chi connectivity index (χ4n) is 1.98. The van der Waals surface area contributed by atoms with Gasteiger partial charge in [0.05, 0.1) is 19.8 Å². The molecule has 6 heteroatoms. The lowest BCUT2D eigenvalue weighted by Gasteiger charge is -2.07. The Kier molecular flexibility index (Phi) is 5.95. The Balaban J connectivity index is 2.10. The molecule has 5 nitrogen and oxygen atoms in total. The first-order valence-electron chi connectivity index (χ1n) is 7.04. The zero-order chi connectivity index (χ0) is 15.1. The number of hydrogen-bond donors (Lipinski definition) is 1. The van der Waals surface area contributed by atoms with E-state index in [9.17, 15) is 0 Å². The molecule has 0 unspecified atom stereocenters. The molecule has 0 amide bonds. The molecule has 114 valence electrons. The summed E-state index contributed by atoms with van der Waals surface area (Å²) >= 11 is 1.62. The predicted molar refractivity (Wildman–Crippen MR) is 85.3 cm³/mol. The third-order valence-electron chi connectivity index (χ3n) is 3.10. The van der Waals surface area contributed by atoms with Crippen LogP contribution in [0.15, 0.2) is 18.2 Å². The highest BCUT2D eigenvalue weighted by Crippen LogP contribution is 2.34. The van der Waals surface area contributed by atoms with Gasteiger partial charge < -0.3 is 14.8 Å². The molecule has 0 bridgehead atoms. The highest BCUT2D eigenvalue weighted by atomic mass is 32.1. The van der Waals surface area contributed by atoms with E-state index < -0.39 is 0 Å². The topological polar surface area (TPSA) is 56.3 Å². The van der Waals surface area contributed by atoms with E-state index in [4.69, 9.17) is 9.47 Å². The predicted octanol–water partition coefficient (Wildman–Crippen LogP) is 2.76. The van der Waals surface area contributed by atoms with Gasteiger partial charge in [0.25, 0.3) is 0 Å². The van der Waals surface area contributed by atoms with E-state index in [0.717, 1.165) is 53.0 Å². The second-order valence-corrected chi connectivity index (χ2v) is 5.59. The molecule has 1 heterocycles. The van der Waals surface area contributed by atoms with E-state index in [0.29, 0.717) is 0 Å². The first-order valence-corrected chi connectivity index (χ1v) is 7.85. The Hall–Kier alpha value is -1.66. The van der Waals surface area contributed by atoms with Crippen molar-refractivity contribution in [3.05, 3.63) is 23.2 Å². The molecule has 0 aliphatic rings. The minimum Gasteiger partial charge on any atom is -0.497 e. The molecule has 1 N–H and O–H groups in total. The second-order valence-electron chi connectivity index (χ2n) is 4.52. The monoisotopic (exact) mass is 307 g/mol. The minimum absolute atomic E-state index is 0.754. The van der Waals surface area contributed by atoms with Gasteiger partial charge in [-0.2, -0.15) is 0 Å². The summed E-state index contributed by atoms with van der Waals surface area (Å²) in [6, 6.07) is 5.73. The lowest BCUT2D eigenvalue weighted by atomic mass is 10.2. The minimum atomic E-state index is 0.754. The largest absolute Gasteiger partial charge is 0.497 e. The molecule has 1 aromatic carbocycles. The van der Waals surface area contributed by atoms with Gasteiger partial charge >= 0.3 is 0 Å². The Morgan fingerprint density at radius 1 is 1.19 bits per heavy atom. The number of hydrogen-bond acceptors (Lipinski definition) is 6. The van der Waals surface area contributed by atoms with Crippen LogP contribution >= 0.6 is 11.3 Å². The number of methoxy groups -OCH3 is 2. The molecule has 2 aromatic rings. The van der Waals surface area contributed by atoms with Crippen molar-refractivity contribution in [3.8, 4) is 22.1 Å². The van der Waals surface area contributed by atoms with E-state index in [1.165, 1.54) is 0 Å². The summed E-state index contributed by atoms with van der Waals surface area (Å²) in [5.41, 5.74) is 0.953. The normalized spacial score (nSPS) is 10.6. The summed E-state index contributed by atoms with van der Waals surface area (Å²) in [5.74, 6) is 1.52. The summed E-state index contributed by atoms with van der Waals surface area (Å²) in [4.78, 5) is 0. The maximum absolute atomic E-state index is 5.41. The molecule has 0 saturated heterocycles. The fourth-order valence-corrected chi connectivity index (χ4v) is 2.89. The Morgan fingerprint density at radius 2 is 2.05 bits per heavy atom. The van der Waals surface area contributed by atoms with Gasteiger partial charge in [-0.15, -0.1) is 10.2 Å². The molecule has 0 fully saturated rings. The lowest BCUT2D eigenvalue weighted by molar-refractivity contribution is 0.395. The van der Waals surface area contributed by atoms with Crippen molar-refractivity contribution in [1.29, 1.82) is 0 Å². The van der Waals surface area contributed by atoms with Gasteiger partial charge in [0, 0.05) is 12.5 Å². The standard InChI is InChI=1S/C15H21N3O2S/c1-4-16-9-5-6-14-17-18-15(21-14)12-8-7-11(19-2)10-13(12)20-3/h7-8,10,16H,4-6,9H2,1-3H3. The summed E-state index contributed by atoms with van der Waals surface area (Å²) < 4.78 is 10.6. The fraction of sp³-hybridized carbons (Fsp3) is 0.467. The number of rotatable bonds is 8. The third kappa shape index (κ3) is 4.15. The van der Waals surface area contributed by atoms with Gasteiger partial charge in [-0.1, -0.05) is 18.3 Å². The van der Waals surface area contributed by atoms with E-state index in [2.05, 4.69) is 22.4 Å². The van der Waals surface area contributed by atoms with Crippen LogP contribution in [-0.4, -0.2) is 37.5 Å². The maximum atomic E-state index is 5.41. The number of aryl methyl sites for hydroxylation is 1. The van der Waals surface area contributed by atoms with Crippen LogP contribution in [0.5, 0.6) is 11.5 Å². The molecular formula is C15H21N3O2S. The number of benzene rings is 1. The maximum Gasteiger partial charge on any atom is 0.151 e. The van der Waals surface area contributed by atoms with Crippen molar-refractivity contribution in [2.24, 2.45) is 0 Å². The molecule has 0 radical (unpaired) electrons.